The zero-order chi connectivity index (χ0) is 11.8. The maximum atomic E-state index is 12.6. The molecular formula is C14H22N2O. The van der Waals surface area contributed by atoms with E-state index in [-0.39, 0.29) is 0 Å². The third-order valence-corrected chi connectivity index (χ3v) is 4.64. The fourth-order valence-corrected chi connectivity index (χ4v) is 3.53. The summed E-state index contributed by atoms with van der Waals surface area (Å²) in [6, 6.07) is 0.929. The van der Waals surface area contributed by atoms with Crippen molar-refractivity contribution in [1.82, 2.24) is 9.80 Å². The van der Waals surface area contributed by atoms with Crippen molar-refractivity contribution >= 4 is 5.91 Å². The second kappa shape index (κ2) is 4.45. The van der Waals surface area contributed by atoms with E-state index in [9.17, 15) is 4.79 Å². The van der Waals surface area contributed by atoms with Gasteiger partial charge in [0.05, 0.1) is 6.04 Å². The summed E-state index contributed by atoms with van der Waals surface area (Å²) < 4.78 is 0. The number of hydrogen-bond acceptors (Lipinski definition) is 2. The number of carbonyl (C=O) groups is 1. The number of hydrogen-bond donors (Lipinski definition) is 0. The Balaban J connectivity index is 1.68. The number of likely N-dealkylation sites (tertiary alicyclic amines) is 1. The molecule has 0 aromatic carbocycles. The molecule has 2 atom stereocenters. The van der Waals surface area contributed by atoms with Crippen LogP contribution in [0.4, 0.5) is 0 Å². The van der Waals surface area contributed by atoms with Crippen molar-refractivity contribution in [2.24, 2.45) is 5.92 Å². The molecule has 0 saturated carbocycles. The number of carbonyl (C=O) groups excluding carboxylic acids is 1. The Morgan fingerprint density at radius 3 is 2.65 bits per heavy atom. The molecule has 3 heterocycles. The smallest absolute Gasteiger partial charge is 0.226 e. The summed E-state index contributed by atoms with van der Waals surface area (Å²) in [4.78, 5) is 17.1. The number of piperidine rings is 1. The lowest BCUT2D eigenvalue weighted by Gasteiger charge is -2.37. The Kier molecular flexibility index (Phi) is 2.95. The Morgan fingerprint density at radius 2 is 1.94 bits per heavy atom. The molecule has 2 saturated heterocycles. The van der Waals surface area contributed by atoms with Crippen LogP contribution >= 0.6 is 0 Å². The molecule has 3 rings (SSSR count). The molecule has 0 N–H and O–H groups in total. The second-order valence-electron chi connectivity index (χ2n) is 5.79. The van der Waals surface area contributed by atoms with Gasteiger partial charge < -0.3 is 9.80 Å². The van der Waals surface area contributed by atoms with Gasteiger partial charge in [-0.2, -0.15) is 0 Å². The van der Waals surface area contributed by atoms with Gasteiger partial charge in [-0.25, -0.2) is 0 Å². The molecular weight excluding hydrogens is 212 g/mol. The van der Waals surface area contributed by atoms with Crippen LogP contribution in [0.25, 0.3) is 0 Å². The minimum absolute atomic E-state index is 0.292. The molecule has 0 radical (unpaired) electrons. The van der Waals surface area contributed by atoms with Crippen LogP contribution in [0.3, 0.4) is 0 Å². The van der Waals surface area contributed by atoms with Crippen molar-refractivity contribution in [3.8, 4) is 0 Å². The van der Waals surface area contributed by atoms with E-state index in [0.717, 1.165) is 32.4 Å². The average Bonchev–Trinajstić information content (AvgIpc) is 2.59. The lowest BCUT2D eigenvalue weighted by molar-refractivity contribution is -0.139. The molecule has 0 aliphatic carbocycles. The standard InChI is InChI=1S/C14H22N2O/c1-15-9-7-11(8-10-15)14(17)16-12-3-2-4-13(16)6-5-12/h2-3,11-13H,4-10H2,1H3. The number of nitrogens with zero attached hydrogens (tertiary/aromatic N) is 2. The van der Waals surface area contributed by atoms with Crippen LogP contribution in [0, 0.1) is 5.92 Å². The molecule has 2 fully saturated rings. The molecule has 0 spiro atoms. The monoisotopic (exact) mass is 234 g/mol. The summed E-state index contributed by atoms with van der Waals surface area (Å²) in [5, 5.41) is 0. The molecule has 2 unspecified atom stereocenters. The van der Waals surface area contributed by atoms with Gasteiger partial charge in [-0.15, -0.1) is 0 Å². The highest BCUT2D eigenvalue weighted by atomic mass is 16.2. The molecule has 0 aromatic rings. The summed E-state index contributed by atoms with van der Waals surface area (Å²) in [7, 11) is 2.15. The van der Waals surface area contributed by atoms with E-state index in [0.29, 0.717) is 23.9 Å². The molecule has 1 amide bonds. The third kappa shape index (κ3) is 2.01. The first-order valence-corrected chi connectivity index (χ1v) is 6.93. The van der Waals surface area contributed by atoms with Gasteiger partial charge in [0.25, 0.3) is 0 Å². The van der Waals surface area contributed by atoms with Crippen molar-refractivity contribution in [3.05, 3.63) is 12.2 Å². The quantitative estimate of drug-likeness (QED) is 0.644. The molecule has 94 valence electrons. The van der Waals surface area contributed by atoms with E-state index in [1.54, 1.807) is 0 Å². The maximum Gasteiger partial charge on any atom is 0.226 e. The van der Waals surface area contributed by atoms with Crippen molar-refractivity contribution in [3.63, 3.8) is 0 Å². The van der Waals surface area contributed by atoms with Gasteiger partial charge in [0.2, 0.25) is 5.91 Å². The van der Waals surface area contributed by atoms with E-state index in [1.807, 2.05) is 0 Å². The molecule has 3 heteroatoms. The highest BCUT2D eigenvalue weighted by Crippen LogP contribution is 2.34. The first-order chi connectivity index (χ1) is 8.25. The fraction of sp³-hybridized carbons (Fsp3) is 0.786. The first-order valence-electron chi connectivity index (χ1n) is 6.93. The van der Waals surface area contributed by atoms with Gasteiger partial charge in [0.1, 0.15) is 0 Å². The summed E-state index contributed by atoms with van der Waals surface area (Å²) in [6.45, 7) is 2.16. The Hall–Kier alpha value is -0.830. The number of rotatable bonds is 1. The van der Waals surface area contributed by atoms with Crippen LogP contribution in [0.1, 0.15) is 32.1 Å². The number of amides is 1. The van der Waals surface area contributed by atoms with E-state index in [1.165, 1.54) is 12.8 Å². The van der Waals surface area contributed by atoms with Crippen molar-refractivity contribution < 1.29 is 4.79 Å². The fourth-order valence-electron chi connectivity index (χ4n) is 3.53. The zero-order valence-electron chi connectivity index (χ0n) is 10.6. The minimum Gasteiger partial charge on any atom is -0.333 e. The van der Waals surface area contributed by atoms with Gasteiger partial charge in [-0.05, 0) is 52.2 Å². The first kappa shape index (κ1) is 11.3. The maximum absolute atomic E-state index is 12.6. The minimum atomic E-state index is 0.292. The average molecular weight is 234 g/mol. The van der Waals surface area contributed by atoms with Crippen LogP contribution in [-0.2, 0) is 4.79 Å². The van der Waals surface area contributed by atoms with Crippen molar-refractivity contribution in [2.45, 2.75) is 44.2 Å². The largest absolute Gasteiger partial charge is 0.333 e. The lowest BCUT2D eigenvalue weighted by Crippen LogP contribution is -2.47. The molecule has 17 heavy (non-hydrogen) atoms. The van der Waals surface area contributed by atoms with Gasteiger partial charge in [0, 0.05) is 12.0 Å². The predicted octanol–water partition coefficient (Wildman–Crippen LogP) is 1.65. The van der Waals surface area contributed by atoms with Crippen molar-refractivity contribution in [2.75, 3.05) is 20.1 Å². The molecule has 3 aliphatic heterocycles. The topological polar surface area (TPSA) is 23.6 Å². The van der Waals surface area contributed by atoms with Crippen LogP contribution in [0.5, 0.6) is 0 Å². The van der Waals surface area contributed by atoms with Crippen LogP contribution in [0.2, 0.25) is 0 Å². The molecule has 2 bridgehead atoms. The highest BCUT2D eigenvalue weighted by molar-refractivity contribution is 5.80. The summed E-state index contributed by atoms with van der Waals surface area (Å²) >= 11 is 0. The van der Waals surface area contributed by atoms with E-state index < -0.39 is 0 Å². The normalized spacial score (nSPS) is 34.3. The van der Waals surface area contributed by atoms with Gasteiger partial charge in [-0.3, -0.25) is 4.79 Å². The summed E-state index contributed by atoms with van der Waals surface area (Å²) in [6.07, 6.45) is 10.1. The molecule has 3 nitrogen and oxygen atoms in total. The van der Waals surface area contributed by atoms with E-state index >= 15 is 0 Å². The van der Waals surface area contributed by atoms with Crippen LogP contribution in [-0.4, -0.2) is 47.9 Å². The Morgan fingerprint density at radius 1 is 1.18 bits per heavy atom. The van der Waals surface area contributed by atoms with Crippen LogP contribution in [0.15, 0.2) is 12.2 Å². The Labute approximate surface area is 103 Å². The summed E-state index contributed by atoms with van der Waals surface area (Å²) in [5.41, 5.74) is 0. The van der Waals surface area contributed by atoms with Crippen molar-refractivity contribution in [1.29, 1.82) is 0 Å². The van der Waals surface area contributed by atoms with E-state index in [2.05, 4.69) is 29.0 Å². The Bertz CT molecular complexity index is 331. The SMILES string of the molecule is CN1CCC(C(=O)N2C3C=CCC2CC3)CC1. The molecule has 0 aromatic heterocycles. The molecule has 3 aliphatic rings. The van der Waals surface area contributed by atoms with Crippen LogP contribution < -0.4 is 0 Å². The lowest BCUT2D eigenvalue weighted by atomic mass is 9.94. The second-order valence-corrected chi connectivity index (χ2v) is 5.79. The van der Waals surface area contributed by atoms with E-state index in [4.69, 9.17) is 0 Å². The predicted molar refractivity (Wildman–Crippen MR) is 67.6 cm³/mol. The highest BCUT2D eigenvalue weighted by Gasteiger charge is 2.40. The zero-order valence-corrected chi connectivity index (χ0v) is 10.6. The van der Waals surface area contributed by atoms with Gasteiger partial charge in [0.15, 0.2) is 0 Å². The number of fused-ring (bicyclic) bond motifs is 2. The van der Waals surface area contributed by atoms with Gasteiger partial charge >= 0.3 is 0 Å². The third-order valence-electron chi connectivity index (χ3n) is 4.64. The van der Waals surface area contributed by atoms with Gasteiger partial charge in [-0.1, -0.05) is 12.2 Å². The summed E-state index contributed by atoms with van der Waals surface area (Å²) in [5.74, 6) is 0.732.